The first-order chi connectivity index (χ1) is 11.8. The molecule has 2 heterocycles. The highest BCUT2D eigenvalue weighted by atomic mass is 35.5. The van der Waals surface area contributed by atoms with Crippen LogP contribution in [0.15, 0.2) is 30.5 Å². The molecule has 134 valence electrons. The normalized spacial score (nSPS) is 19.9. The Morgan fingerprint density at radius 2 is 2.08 bits per heavy atom. The van der Waals surface area contributed by atoms with Crippen LogP contribution in [-0.4, -0.2) is 28.5 Å². The van der Waals surface area contributed by atoms with Crippen LogP contribution in [0, 0.1) is 0 Å². The molecule has 5 nitrogen and oxygen atoms in total. The van der Waals surface area contributed by atoms with Crippen molar-refractivity contribution in [3.63, 3.8) is 0 Å². The van der Waals surface area contributed by atoms with E-state index in [1.807, 2.05) is 0 Å². The average Bonchev–Trinajstić information content (AvgIpc) is 2.97. The Hall–Kier alpha value is -2.22. The number of nitrogens with one attached hydrogen (secondary N) is 1. The quantitative estimate of drug-likeness (QED) is 0.811. The number of hydrogen-bond acceptors (Lipinski definition) is 4. The predicted octanol–water partition coefficient (Wildman–Crippen LogP) is 4.37. The molecule has 2 atom stereocenters. The van der Waals surface area contributed by atoms with Crippen molar-refractivity contribution in [1.82, 2.24) is 9.78 Å². The Balaban J connectivity index is 2.02. The molecule has 0 bridgehead atoms. The lowest BCUT2D eigenvalue weighted by molar-refractivity contribution is -0.173. The number of anilines is 1. The minimum absolute atomic E-state index is 0.00646. The van der Waals surface area contributed by atoms with Crippen molar-refractivity contribution >= 4 is 23.4 Å². The number of fused-ring (bicyclic) bond motifs is 1. The van der Waals surface area contributed by atoms with Crippen LogP contribution < -0.4 is 5.32 Å². The van der Waals surface area contributed by atoms with Crippen LogP contribution in [0.25, 0.3) is 0 Å². The molecule has 0 fully saturated rings. The summed E-state index contributed by atoms with van der Waals surface area (Å²) in [5.41, 5.74) is 0.621. The number of rotatable bonds is 3. The Morgan fingerprint density at radius 1 is 1.40 bits per heavy atom. The first-order valence-corrected chi connectivity index (χ1v) is 8.02. The summed E-state index contributed by atoms with van der Waals surface area (Å²) in [7, 11) is 0. The molecule has 1 N–H and O–H groups in total. The number of nitrogens with zero attached hydrogens (tertiary/aromatic N) is 2. The van der Waals surface area contributed by atoms with Gasteiger partial charge in [-0.15, -0.1) is 0 Å². The van der Waals surface area contributed by atoms with Gasteiger partial charge in [0, 0.05) is 11.4 Å². The molecular weight excluding hydrogens is 359 g/mol. The topological polar surface area (TPSA) is 56.1 Å². The summed E-state index contributed by atoms with van der Waals surface area (Å²) in [5.74, 6) is -0.707. The molecule has 3 rings (SSSR count). The summed E-state index contributed by atoms with van der Waals surface area (Å²) in [4.78, 5) is 12.0. The highest BCUT2D eigenvalue weighted by Gasteiger charge is 2.47. The largest absolute Gasteiger partial charge is 0.462 e. The molecular formula is C16H15ClF3N3O2. The van der Waals surface area contributed by atoms with Crippen molar-refractivity contribution in [2.24, 2.45) is 0 Å². The maximum atomic E-state index is 13.5. The van der Waals surface area contributed by atoms with Gasteiger partial charge in [-0.25, -0.2) is 9.48 Å². The highest BCUT2D eigenvalue weighted by Crippen LogP contribution is 2.44. The van der Waals surface area contributed by atoms with Crippen LogP contribution in [0.4, 0.5) is 19.0 Å². The maximum Gasteiger partial charge on any atom is 0.410 e. The van der Waals surface area contributed by atoms with Crippen molar-refractivity contribution in [3.05, 3.63) is 46.6 Å². The zero-order valence-electron chi connectivity index (χ0n) is 13.2. The minimum atomic E-state index is -4.50. The summed E-state index contributed by atoms with van der Waals surface area (Å²) < 4.78 is 46.2. The number of carbonyl (C=O) groups excluding carboxylic acids is 1. The Kier molecular flexibility index (Phi) is 4.64. The van der Waals surface area contributed by atoms with E-state index in [9.17, 15) is 18.0 Å². The van der Waals surface area contributed by atoms with E-state index in [2.05, 4.69) is 10.4 Å². The van der Waals surface area contributed by atoms with E-state index in [0.717, 1.165) is 10.9 Å². The fraction of sp³-hybridized carbons (Fsp3) is 0.375. The molecule has 2 aromatic rings. The van der Waals surface area contributed by atoms with E-state index in [-0.39, 0.29) is 24.4 Å². The second-order valence-corrected chi connectivity index (χ2v) is 6.05. The first kappa shape index (κ1) is 17.6. The van der Waals surface area contributed by atoms with Crippen LogP contribution in [0.5, 0.6) is 0 Å². The standard InChI is InChI=1S/C16H15ClF3N3O2/c1-2-25-15(24)11-8-21-23-13(16(18,19)20)7-12(22-14(11)23)9-3-5-10(17)6-4-9/h3-6,8,12-13,22H,2,7H2,1H3/t12-,13+/m1/s1. The van der Waals surface area contributed by atoms with Crippen molar-refractivity contribution < 1.29 is 22.7 Å². The Labute approximate surface area is 146 Å². The van der Waals surface area contributed by atoms with E-state index in [0.29, 0.717) is 10.6 Å². The predicted molar refractivity (Wildman–Crippen MR) is 85.7 cm³/mol. The zero-order valence-corrected chi connectivity index (χ0v) is 13.9. The molecule has 1 aliphatic rings. The van der Waals surface area contributed by atoms with Crippen molar-refractivity contribution in [2.45, 2.75) is 31.6 Å². The van der Waals surface area contributed by atoms with E-state index < -0.39 is 24.2 Å². The number of hydrogen-bond donors (Lipinski definition) is 1. The smallest absolute Gasteiger partial charge is 0.410 e. The lowest BCUT2D eigenvalue weighted by Crippen LogP contribution is -2.36. The van der Waals surface area contributed by atoms with E-state index in [4.69, 9.17) is 16.3 Å². The van der Waals surface area contributed by atoms with Crippen LogP contribution in [-0.2, 0) is 4.74 Å². The molecule has 0 radical (unpaired) electrons. The van der Waals surface area contributed by atoms with Crippen molar-refractivity contribution in [2.75, 3.05) is 11.9 Å². The monoisotopic (exact) mass is 373 g/mol. The van der Waals surface area contributed by atoms with Gasteiger partial charge in [-0.05, 0) is 24.6 Å². The van der Waals surface area contributed by atoms with E-state index in [1.165, 1.54) is 0 Å². The number of carbonyl (C=O) groups is 1. The number of esters is 1. The average molecular weight is 374 g/mol. The highest BCUT2D eigenvalue weighted by molar-refractivity contribution is 6.30. The van der Waals surface area contributed by atoms with Crippen molar-refractivity contribution in [1.29, 1.82) is 0 Å². The van der Waals surface area contributed by atoms with Crippen LogP contribution >= 0.6 is 11.6 Å². The van der Waals surface area contributed by atoms with Gasteiger partial charge in [0.15, 0.2) is 6.04 Å². The molecule has 1 aromatic heterocycles. The lowest BCUT2D eigenvalue weighted by Gasteiger charge is -2.34. The third-order valence-corrected chi connectivity index (χ3v) is 4.26. The summed E-state index contributed by atoms with van der Waals surface area (Å²) in [6, 6.07) is 4.06. The number of alkyl halides is 3. The van der Waals surface area contributed by atoms with Gasteiger partial charge in [-0.3, -0.25) is 0 Å². The van der Waals surface area contributed by atoms with E-state index in [1.54, 1.807) is 31.2 Å². The summed E-state index contributed by atoms with van der Waals surface area (Å²) in [6.07, 6.45) is -3.65. The SMILES string of the molecule is CCOC(=O)c1cnn2c1N[C@@H](c1ccc(Cl)cc1)C[C@H]2C(F)(F)F. The minimum Gasteiger partial charge on any atom is -0.462 e. The van der Waals surface area contributed by atoms with Gasteiger partial charge >= 0.3 is 12.1 Å². The molecule has 1 aliphatic heterocycles. The van der Waals surface area contributed by atoms with Gasteiger partial charge in [0.2, 0.25) is 0 Å². The van der Waals surface area contributed by atoms with Crippen LogP contribution in [0.2, 0.25) is 5.02 Å². The second-order valence-electron chi connectivity index (χ2n) is 5.61. The maximum absolute atomic E-state index is 13.5. The van der Waals surface area contributed by atoms with Crippen LogP contribution in [0.3, 0.4) is 0 Å². The number of benzene rings is 1. The molecule has 0 spiro atoms. The van der Waals surface area contributed by atoms with Gasteiger partial charge < -0.3 is 10.1 Å². The number of halogens is 4. The molecule has 1 aromatic carbocycles. The fourth-order valence-electron chi connectivity index (χ4n) is 2.83. The van der Waals surface area contributed by atoms with Gasteiger partial charge in [0.1, 0.15) is 11.4 Å². The van der Waals surface area contributed by atoms with E-state index >= 15 is 0 Å². The Morgan fingerprint density at radius 3 is 2.68 bits per heavy atom. The van der Waals surface area contributed by atoms with Gasteiger partial charge in [-0.1, -0.05) is 23.7 Å². The second kappa shape index (κ2) is 6.59. The zero-order chi connectivity index (χ0) is 18.2. The molecule has 0 saturated carbocycles. The fourth-order valence-corrected chi connectivity index (χ4v) is 2.96. The summed E-state index contributed by atoms with van der Waals surface area (Å²) in [5, 5.41) is 7.23. The van der Waals surface area contributed by atoms with Crippen LogP contribution in [0.1, 0.15) is 41.3 Å². The van der Waals surface area contributed by atoms with Crippen molar-refractivity contribution in [3.8, 4) is 0 Å². The molecule has 25 heavy (non-hydrogen) atoms. The summed E-state index contributed by atoms with van der Waals surface area (Å²) in [6.45, 7) is 1.74. The first-order valence-electron chi connectivity index (χ1n) is 7.64. The molecule has 0 unspecified atom stereocenters. The number of ether oxygens (including phenoxy) is 1. The van der Waals surface area contributed by atoms with Gasteiger partial charge in [0.05, 0.1) is 18.8 Å². The molecule has 0 amide bonds. The third kappa shape index (κ3) is 3.44. The molecule has 0 aliphatic carbocycles. The Bertz CT molecular complexity index is 774. The summed E-state index contributed by atoms with van der Waals surface area (Å²) >= 11 is 5.84. The van der Waals surface area contributed by atoms with Gasteiger partial charge in [0.25, 0.3) is 0 Å². The lowest BCUT2D eigenvalue weighted by atomic mass is 9.96. The third-order valence-electron chi connectivity index (χ3n) is 4.01. The molecule has 9 heteroatoms. The number of aromatic nitrogens is 2. The van der Waals surface area contributed by atoms with Gasteiger partial charge in [-0.2, -0.15) is 18.3 Å². The molecule has 0 saturated heterocycles.